The van der Waals surface area contributed by atoms with Gasteiger partial charge in [0, 0.05) is 130 Å². The summed E-state index contributed by atoms with van der Waals surface area (Å²) in [6.45, 7) is 4.12. The molecule has 8 nitrogen and oxygen atoms in total. The molecule has 18 rings (SSSR count). The maximum Gasteiger partial charge on any atom is 0.0160 e. The molecule has 18 aromatic rings. The molecule has 4 radical (unpaired) electrons. The molecule has 0 unspecified atom stereocenters. The summed E-state index contributed by atoms with van der Waals surface area (Å²) in [5, 5.41) is 0. The largest absolute Gasteiger partial charge is 0.305 e. The average Bonchev–Trinajstić information content (AvgIpc) is 0.824. The van der Waals surface area contributed by atoms with Crippen LogP contribution in [0.1, 0.15) is 11.1 Å². The normalized spacial score (nSPS) is 9.56. The Labute approximate surface area is 725 Å². The molecular formula is C102H76Ir4N8-8. The van der Waals surface area contributed by atoms with Gasteiger partial charge in [0.25, 0.3) is 0 Å². The van der Waals surface area contributed by atoms with Crippen molar-refractivity contribution in [3.63, 3.8) is 0 Å². The van der Waals surface area contributed by atoms with Gasteiger partial charge >= 0.3 is 0 Å². The number of hydrogen-bond acceptors (Lipinski definition) is 8. The van der Waals surface area contributed by atoms with Crippen molar-refractivity contribution < 1.29 is 80.4 Å². The van der Waals surface area contributed by atoms with E-state index in [0.717, 1.165) is 90.1 Å². The number of hydrogen-bond donors (Lipinski definition) is 0. The summed E-state index contributed by atoms with van der Waals surface area (Å²) in [5.41, 5.74) is 23.3. The number of pyridine rings is 8. The van der Waals surface area contributed by atoms with E-state index in [1.165, 1.54) is 33.4 Å². The van der Waals surface area contributed by atoms with E-state index in [-0.39, 0.29) is 80.4 Å². The summed E-state index contributed by atoms with van der Waals surface area (Å²) >= 11 is 0. The summed E-state index contributed by atoms with van der Waals surface area (Å²) in [7, 11) is 0. The topological polar surface area (TPSA) is 103 Å². The third-order valence-corrected chi connectivity index (χ3v) is 16.1. The smallest absolute Gasteiger partial charge is 0.0160 e. The Morgan fingerprint density at radius 3 is 0.702 bits per heavy atom. The van der Waals surface area contributed by atoms with Crippen LogP contribution in [0.2, 0.25) is 0 Å². The van der Waals surface area contributed by atoms with Crippen molar-refractivity contribution in [2.45, 2.75) is 13.8 Å². The van der Waals surface area contributed by atoms with E-state index in [9.17, 15) is 0 Å². The molecular weight excluding hydrogens is 2110 g/mol. The minimum absolute atomic E-state index is 0. The van der Waals surface area contributed by atoms with Crippen LogP contribution in [0.5, 0.6) is 0 Å². The molecule has 8 aromatic heterocycles. The molecule has 0 aliphatic rings. The molecule has 0 aliphatic carbocycles. The molecule has 0 aliphatic heterocycles. The number of aryl methyl sites for hydroxylation is 2. The molecule has 0 N–H and O–H groups in total. The van der Waals surface area contributed by atoms with Gasteiger partial charge in [0.2, 0.25) is 0 Å². The quantitative estimate of drug-likeness (QED) is 0.125. The van der Waals surface area contributed by atoms with Crippen LogP contribution in [0.25, 0.3) is 112 Å². The minimum Gasteiger partial charge on any atom is -0.305 e. The summed E-state index contributed by atoms with van der Waals surface area (Å²) < 4.78 is 0. The molecule has 0 saturated heterocycles. The number of aromatic nitrogens is 8. The van der Waals surface area contributed by atoms with Crippen LogP contribution < -0.4 is 0 Å². The van der Waals surface area contributed by atoms with Crippen LogP contribution in [0.15, 0.2) is 426 Å². The van der Waals surface area contributed by atoms with Crippen molar-refractivity contribution >= 4 is 0 Å². The fraction of sp³-hybridized carbons (Fsp3) is 0.0196. The number of benzene rings is 10. The SMILES string of the molecule is Cc1c[c-]c(-c2ccccn2)cc1.Cc1cc[c-]c(-c2ccccn2)c1.[Ir].[Ir].[Ir].[Ir].[c-]1cc(-c2ccccc2)ccc1-c1ccccn1.[c-]1ccc(-c2ccccc2)cc1-c1ccccn1.[c-]1ccccc1-c1ccccn1.[c-]1ccccc1-c1ccccn1.[c-]1ccccc1-c1ccccn1.[c-]1ccccc1-c1ccccn1. The van der Waals surface area contributed by atoms with Crippen molar-refractivity contribution in [1.82, 2.24) is 39.9 Å². The van der Waals surface area contributed by atoms with Crippen LogP contribution in [0, 0.1) is 62.4 Å². The summed E-state index contributed by atoms with van der Waals surface area (Å²) in [6.07, 6.45) is 14.3. The van der Waals surface area contributed by atoms with E-state index in [4.69, 9.17) is 0 Å². The van der Waals surface area contributed by atoms with Crippen LogP contribution >= 0.6 is 0 Å². The van der Waals surface area contributed by atoms with E-state index in [1.807, 2.05) is 315 Å². The van der Waals surface area contributed by atoms with Gasteiger partial charge < -0.3 is 39.9 Å². The maximum absolute atomic E-state index is 4.35. The second-order valence-electron chi connectivity index (χ2n) is 24.1. The molecule has 0 bridgehead atoms. The van der Waals surface area contributed by atoms with Gasteiger partial charge in [0.1, 0.15) is 0 Å². The second-order valence-corrected chi connectivity index (χ2v) is 24.1. The molecule has 10 aromatic carbocycles. The van der Waals surface area contributed by atoms with E-state index in [0.29, 0.717) is 0 Å². The van der Waals surface area contributed by atoms with Crippen LogP contribution in [-0.2, 0) is 80.4 Å². The first-order valence-corrected chi connectivity index (χ1v) is 35.7. The van der Waals surface area contributed by atoms with Crippen LogP contribution in [-0.4, -0.2) is 39.9 Å². The zero-order valence-electron chi connectivity index (χ0n) is 62.3. The molecule has 0 spiro atoms. The average molecular weight is 2180 g/mol. The third kappa shape index (κ3) is 30.2. The standard InChI is InChI=1S/2C17H12N.2C12H10N.4C11H8N.4Ir/c1-2-7-14(8-3-1)15-9-6-10-16(13-15)17-11-4-5-12-18-17;1-2-6-14(7-3-1)15-9-11-16(12-10-15)17-8-4-5-13-18-17;1-10-5-4-6-11(9-10)12-7-2-3-8-13-12;1-10-5-7-11(8-6-10)12-4-2-3-9-13-12;4*1-2-6-10(7-3-1)11-8-4-5-9-12-11;;;;/h1-9,11-13H;1-11,13H;2-5,7-9H,1H3;2-7,9H,1H3;4*1-6,8-9H;;;;/q8*-1;;;;. The second kappa shape index (κ2) is 51.5. The fourth-order valence-corrected chi connectivity index (χ4v) is 10.6. The Bertz CT molecular complexity index is 4910. The minimum atomic E-state index is 0. The molecule has 0 fully saturated rings. The van der Waals surface area contributed by atoms with Crippen LogP contribution in [0.3, 0.4) is 0 Å². The third-order valence-electron chi connectivity index (χ3n) is 16.1. The van der Waals surface area contributed by atoms with Crippen molar-refractivity contribution in [1.29, 1.82) is 0 Å². The Hall–Kier alpha value is -12.0. The van der Waals surface area contributed by atoms with Gasteiger partial charge in [-0.05, 0) is 99.6 Å². The van der Waals surface area contributed by atoms with Gasteiger partial charge in [0.15, 0.2) is 0 Å². The first-order valence-electron chi connectivity index (χ1n) is 35.7. The van der Waals surface area contributed by atoms with Gasteiger partial charge in [0.05, 0.1) is 0 Å². The Kier molecular flexibility index (Phi) is 40.3. The molecule has 0 atom stereocenters. The molecule has 0 amide bonds. The fourth-order valence-electron chi connectivity index (χ4n) is 10.6. The maximum atomic E-state index is 4.35. The summed E-state index contributed by atoms with van der Waals surface area (Å²) in [4.78, 5) is 34.0. The van der Waals surface area contributed by atoms with E-state index >= 15 is 0 Å². The van der Waals surface area contributed by atoms with E-state index in [2.05, 4.69) is 163 Å². The Morgan fingerprint density at radius 2 is 0.430 bits per heavy atom. The molecule has 12 heteroatoms. The van der Waals surface area contributed by atoms with Crippen molar-refractivity contribution in [2.75, 3.05) is 0 Å². The van der Waals surface area contributed by atoms with Gasteiger partial charge in [-0.25, -0.2) is 0 Å². The summed E-state index contributed by atoms with van der Waals surface area (Å²) in [6, 6.07) is 149. The van der Waals surface area contributed by atoms with Gasteiger partial charge in [-0.15, -0.1) is 280 Å². The summed E-state index contributed by atoms with van der Waals surface area (Å²) in [5.74, 6) is 0. The molecule has 114 heavy (non-hydrogen) atoms. The predicted molar refractivity (Wildman–Crippen MR) is 448 cm³/mol. The number of nitrogens with zero attached hydrogens (tertiary/aromatic N) is 8. The zero-order valence-corrected chi connectivity index (χ0v) is 71.9. The van der Waals surface area contributed by atoms with Gasteiger partial charge in [-0.2, -0.15) is 0 Å². The monoisotopic (exact) mass is 2180 g/mol. The molecule has 0 saturated carbocycles. The molecule has 568 valence electrons. The molecule has 8 heterocycles. The Morgan fingerprint density at radius 1 is 0.167 bits per heavy atom. The van der Waals surface area contributed by atoms with Gasteiger partial charge in [-0.3, -0.25) is 0 Å². The van der Waals surface area contributed by atoms with E-state index < -0.39 is 0 Å². The Balaban J connectivity index is 0.000000181. The van der Waals surface area contributed by atoms with Crippen molar-refractivity contribution in [2.24, 2.45) is 0 Å². The van der Waals surface area contributed by atoms with Crippen molar-refractivity contribution in [3.8, 4) is 112 Å². The zero-order chi connectivity index (χ0) is 75.5. The van der Waals surface area contributed by atoms with Gasteiger partial charge in [-0.1, -0.05) is 183 Å². The van der Waals surface area contributed by atoms with Crippen LogP contribution in [0.4, 0.5) is 0 Å². The van der Waals surface area contributed by atoms with Crippen molar-refractivity contribution in [3.05, 3.63) is 485 Å². The first kappa shape index (κ1) is 89.2. The first-order chi connectivity index (χ1) is 54.5. The number of rotatable bonds is 10. The predicted octanol–water partition coefficient (Wildman–Crippen LogP) is 24.3. The van der Waals surface area contributed by atoms with E-state index in [1.54, 1.807) is 49.6 Å².